The van der Waals surface area contributed by atoms with Gasteiger partial charge in [0.25, 0.3) is 11.5 Å². The molecule has 178 valence electrons. The average Bonchev–Trinajstić information content (AvgIpc) is 3.51. The number of hydrogen-bond acceptors (Lipinski definition) is 6. The molecule has 9 heteroatoms. The van der Waals surface area contributed by atoms with E-state index in [1.165, 1.54) is 17.0 Å². The van der Waals surface area contributed by atoms with E-state index in [-0.39, 0.29) is 30.7 Å². The molecule has 0 unspecified atom stereocenters. The van der Waals surface area contributed by atoms with Crippen LogP contribution in [0.3, 0.4) is 0 Å². The van der Waals surface area contributed by atoms with Crippen molar-refractivity contribution in [1.82, 2.24) is 24.5 Å². The molecule has 33 heavy (non-hydrogen) atoms. The number of aromatic nitrogens is 4. The second-order valence-corrected chi connectivity index (χ2v) is 9.60. The van der Waals surface area contributed by atoms with E-state index in [1.807, 2.05) is 0 Å². The molecular formula is C24H33N5O4. The monoisotopic (exact) mass is 455 g/mol. The highest BCUT2D eigenvalue weighted by Crippen LogP contribution is 2.36. The average molecular weight is 456 g/mol. The maximum absolute atomic E-state index is 13.6. The smallest absolute Gasteiger partial charge is 0.275 e. The quantitative estimate of drug-likeness (QED) is 0.692. The number of aliphatic hydroxyl groups is 1. The molecule has 0 radical (unpaired) electrons. The molecule has 3 aliphatic rings. The first-order valence-corrected chi connectivity index (χ1v) is 12.3. The van der Waals surface area contributed by atoms with Crippen LogP contribution in [0.4, 0.5) is 0 Å². The minimum atomic E-state index is -0.898. The van der Waals surface area contributed by atoms with E-state index < -0.39 is 5.60 Å². The van der Waals surface area contributed by atoms with Crippen molar-refractivity contribution in [2.75, 3.05) is 13.2 Å². The van der Waals surface area contributed by atoms with Crippen LogP contribution in [-0.2, 0) is 16.1 Å². The number of H-pyrrole nitrogens is 1. The minimum absolute atomic E-state index is 0.0164. The summed E-state index contributed by atoms with van der Waals surface area (Å²) in [4.78, 5) is 35.8. The van der Waals surface area contributed by atoms with Gasteiger partial charge in [0.2, 0.25) is 5.78 Å². The van der Waals surface area contributed by atoms with Crippen molar-refractivity contribution in [3.63, 3.8) is 0 Å². The lowest BCUT2D eigenvalue weighted by molar-refractivity contribution is -0.167. The van der Waals surface area contributed by atoms with E-state index in [0.29, 0.717) is 36.7 Å². The lowest BCUT2D eigenvalue weighted by Gasteiger charge is -2.40. The van der Waals surface area contributed by atoms with Gasteiger partial charge in [0.05, 0.1) is 19.3 Å². The molecule has 9 nitrogen and oxygen atoms in total. The molecule has 3 heterocycles. The molecule has 2 fully saturated rings. The second kappa shape index (κ2) is 9.38. The number of rotatable bonds is 6. The number of amides is 1. The standard InChI is InChI=1S/C24H33N5O4/c30-15-19-10-7-13-28(19)22(32)24(11-5-2-6-12-24)33-16-18-14-20(31)29-23(25-18)26-21(27-29)17-8-3-1-4-9-17/h8,14,19,30H,1-7,9-13,15-16H2,(H,25,26,27)/t19-/m1/s1. The number of hydrogen-bond donors (Lipinski definition) is 2. The number of nitrogens with one attached hydrogen (secondary N) is 1. The van der Waals surface area contributed by atoms with E-state index in [2.05, 4.69) is 21.1 Å². The minimum Gasteiger partial charge on any atom is -0.394 e. The number of nitrogens with zero attached hydrogens (tertiary/aromatic N) is 4. The van der Waals surface area contributed by atoms with Gasteiger partial charge in [-0.2, -0.15) is 9.50 Å². The molecule has 1 saturated carbocycles. The molecule has 1 atom stereocenters. The van der Waals surface area contributed by atoms with E-state index in [0.717, 1.165) is 56.9 Å². The summed E-state index contributed by atoms with van der Waals surface area (Å²) in [5.41, 5.74) is 0.514. The molecule has 2 aromatic heterocycles. The summed E-state index contributed by atoms with van der Waals surface area (Å²) in [5.74, 6) is 0.979. The van der Waals surface area contributed by atoms with E-state index in [9.17, 15) is 14.7 Å². The first-order valence-electron chi connectivity index (χ1n) is 12.3. The van der Waals surface area contributed by atoms with E-state index >= 15 is 0 Å². The van der Waals surface area contributed by atoms with Crippen LogP contribution in [0, 0.1) is 0 Å². The SMILES string of the molecule is O=C(N1CCC[C@@H]1CO)C1(OCc2cc(=O)n3nc(C4=CCCCC4)nc3[nH]2)CCCCC1. The van der Waals surface area contributed by atoms with Crippen LogP contribution < -0.4 is 5.56 Å². The number of carbonyl (C=O) groups excluding carboxylic acids is 1. The largest absolute Gasteiger partial charge is 0.394 e. The van der Waals surface area contributed by atoms with Crippen LogP contribution in [0.1, 0.15) is 82.1 Å². The fourth-order valence-electron chi connectivity index (χ4n) is 5.50. The molecule has 0 aromatic carbocycles. The summed E-state index contributed by atoms with van der Waals surface area (Å²) >= 11 is 0. The molecule has 5 rings (SSSR count). The van der Waals surface area contributed by atoms with Crippen LogP contribution in [0.2, 0.25) is 0 Å². The number of allylic oxidation sites excluding steroid dienone is 2. The third-order valence-corrected chi connectivity index (χ3v) is 7.37. The van der Waals surface area contributed by atoms with Crippen LogP contribution in [0.5, 0.6) is 0 Å². The highest BCUT2D eigenvalue weighted by Gasteiger charge is 2.45. The number of likely N-dealkylation sites (tertiary alicyclic amines) is 1. The van der Waals surface area contributed by atoms with Gasteiger partial charge in [0.1, 0.15) is 5.60 Å². The van der Waals surface area contributed by atoms with E-state index in [4.69, 9.17) is 4.74 Å². The Balaban J connectivity index is 1.38. The van der Waals surface area contributed by atoms with Crippen molar-refractivity contribution in [2.45, 2.75) is 88.9 Å². The Labute approximate surface area is 192 Å². The maximum Gasteiger partial charge on any atom is 0.275 e. The predicted octanol–water partition coefficient (Wildman–Crippen LogP) is 2.58. The van der Waals surface area contributed by atoms with Crippen molar-refractivity contribution < 1.29 is 14.6 Å². The van der Waals surface area contributed by atoms with Crippen molar-refractivity contribution in [1.29, 1.82) is 0 Å². The van der Waals surface area contributed by atoms with Crippen LogP contribution in [-0.4, -0.2) is 60.3 Å². The molecular weight excluding hydrogens is 422 g/mol. The van der Waals surface area contributed by atoms with Gasteiger partial charge in [-0.15, -0.1) is 5.10 Å². The van der Waals surface area contributed by atoms with Crippen LogP contribution in [0.25, 0.3) is 11.4 Å². The highest BCUT2D eigenvalue weighted by molar-refractivity contribution is 5.86. The highest BCUT2D eigenvalue weighted by atomic mass is 16.5. The zero-order valence-corrected chi connectivity index (χ0v) is 19.1. The fourth-order valence-corrected chi connectivity index (χ4v) is 5.50. The Hall–Kier alpha value is -2.52. The zero-order valence-electron chi connectivity index (χ0n) is 19.1. The summed E-state index contributed by atoms with van der Waals surface area (Å²) in [5, 5.41) is 14.1. The number of ether oxygens (including phenoxy) is 1. The topological polar surface area (TPSA) is 113 Å². The van der Waals surface area contributed by atoms with Gasteiger partial charge in [-0.1, -0.05) is 25.3 Å². The summed E-state index contributed by atoms with van der Waals surface area (Å²) in [6.07, 6.45) is 12.4. The van der Waals surface area contributed by atoms with Gasteiger partial charge in [0.15, 0.2) is 5.82 Å². The third kappa shape index (κ3) is 4.36. The summed E-state index contributed by atoms with van der Waals surface area (Å²) in [7, 11) is 0. The Morgan fingerprint density at radius 1 is 1.21 bits per heavy atom. The van der Waals surface area contributed by atoms with E-state index in [1.54, 1.807) is 4.90 Å². The maximum atomic E-state index is 13.6. The lowest BCUT2D eigenvalue weighted by atomic mass is 9.83. The van der Waals surface area contributed by atoms with Crippen molar-refractivity contribution in [2.24, 2.45) is 0 Å². The van der Waals surface area contributed by atoms with Gasteiger partial charge in [-0.25, -0.2) is 0 Å². The van der Waals surface area contributed by atoms with Crippen LogP contribution >= 0.6 is 0 Å². The molecule has 1 aliphatic heterocycles. The van der Waals surface area contributed by atoms with Crippen molar-refractivity contribution >= 4 is 17.3 Å². The fraction of sp³-hybridized carbons (Fsp3) is 0.667. The first kappa shape index (κ1) is 22.3. The molecule has 2 aliphatic carbocycles. The van der Waals surface area contributed by atoms with Gasteiger partial charge in [0, 0.05) is 18.3 Å². The van der Waals surface area contributed by atoms with Crippen molar-refractivity contribution in [3.05, 3.63) is 34.0 Å². The molecule has 1 amide bonds. The Bertz CT molecular complexity index is 1100. The second-order valence-electron chi connectivity index (χ2n) is 9.60. The van der Waals surface area contributed by atoms with Gasteiger partial charge in [-0.3, -0.25) is 9.59 Å². The predicted molar refractivity (Wildman–Crippen MR) is 122 cm³/mol. The molecule has 1 saturated heterocycles. The Morgan fingerprint density at radius 3 is 2.82 bits per heavy atom. The summed E-state index contributed by atoms with van der Waals surface area (Å²) in [6.45, 7) is 0.772. The van der Waals surface area contributed by atoms with Gasteiger partial charge < -0.3 is 19.7 Å². The molecule has 2 aromatic rings. The third-order valence-electron chi connectivity index (χ3n) is 7.37. The molecule has 0 bridgehead atoms. The molecule has 0 spiro atoms. The normalized spacial score (nSPS) is 23.1. The number of fused-ring (bicyclic) bond motifs is 1. The molecule has 2 N–H and O–H groups in total. The number of aliphatic hydroxyl groups excluding tert-OH is 1. The Morgan fingerprint density at radius 2 is 2.06 bits per heavy atom. The number of carbonyl (C=O) groups is 1. The first-order chi connectivity index (χ1) is 16.1. The van der Waals surface area contributed by atoms with Gasteiger partial charge in [-0.05, 0) is 56.9 Å². The van der Waals surface area contributed by atoms with Gasteiger partial charge >= 0.3 is 0 Å². The summed E-state index contributed by atoms with van der Waals surface area (Å²) in [6, 6.07) is 1.35. The number of aromatic amines is 1. The van der Waals surface area contributed by atoms with Crippen molar-refractivity contribution in [3.8, 4) is 0 Å². The zero-order chi connectivity index (χ0) is 22.8. The van der Waals surface area contributed by atoms with Crippen LogP contribution in [0.15, 0.2) is 16.9 Å². The Kier molecular flexibility index (Phi) is 6.34. The summed E-state index contributed by atoms with van der Waals surface area (Å²) < 4.78 is 7.64. The lowest BCUT2D eigenvalue weighted by Crippen LogP contribution is -2.53.